The van der Waals surface area contributed by atoms with E-state index in [1.807, 2.05) is 0 Å². The maximum Gasteiger partial charge on any atom is 0.332 e. The topological polar surface area (TPSA) is 74.6 Å². The van der Waals surface area contributed by atoms with E-state index >= 15 is 0 Å². The number of aliphatic carboxylic acids is 2. The molecule has 0 aromatic rings. The standard InChI is InChI=1S/C10H16O4/c1-5-6(8(11)12)7(9(13)14)10(2,3)4/h5H2,1-4H3,(H,11,12)(H,13,14)/b7-6-. The molecule has 4 nitrogen and oxygen atoms in total. The van der Waals surface area contributed by atoms with E-state index in [2.05, 4.69) is 0 Å². The van der Waals surface area contributed by atoms with Crippen molar-refractivity contribution in [2.24, 2.45) is 5.41 Å². The van der Waals surface area contributed by atoms with Crippen molar-refractivity contribution in [1.82, 2.24) is 0 Å². The van der Waals surface area contributed by atoms with Crippen LogP contribution < -0.4 is 0 Å². The molecular formula is C10H16O4. The summed E-state index contributed by atoms with van der Waals surface area (Å²) in [5.41, 5.74) is -0.701. The molecule has 2 N–H and O–H groups in total. The van der Waals surface area contributed by atoms with Gasteiger partial charge in [-0.15, -0.1) is 0 Å². The van der Waals surface area contributed by atoms with Gasteiger partial charge in [-0.2, -0.15) is 0 Å². The van der Waals surface area contributed by atoms with Crippen LogP contribution in [-0.2, 0) is 9.59 Å². The van der Waals surface area contributed by atoms with E-state index in [9.17, 15) is 9.59 Å². The Balaban J connectivity index is 5.57. The molecule has 0 spiro atoms. The Morgan fingerprint density at radius 1 is 1.07 bits per heavy atom. The molecule has 0 saturated carbocycles. The highest BCUT2D eigenvalue weighted by Crippen LogP contribution is 2.29. The second-order valence-corrected chi connectivity index (χ2v) is 4.07. The molecule has 0 amide bonds. The molecule has 0 aliphatic heterocycles. The van der Waals surface area contributed by atoms with Gasteiger partial charge in [0, 0.05) is 5.57 Å². The minimum atomic E-state index is -1.16. The summed E-state index contributed by atoms with van der Waals surface area (Å²) >= 11 is 0. The van der Waals surface area contributed by atoms with Crippen molar-refractivity contribution in [3.8, 4) is 0 Å². The van der Waals surface area contributed by atoms with Crippen LogP contribution in [0.5, 0.6) is 0 Å². The molecule has 0 bridgehead atoms. The van der Waals surface area contributed by atoms with E-state index in [-0.39, 0.29) is 17.6 Å². The van der Waals surface area contributed by atoms with Gasteiger partial charge in [0.25, 0.3) is 0 Å². The van der Waals surface area contributed by atoms with Crippen LogP contribution in [0.4, 0.5) is 0 Å². The van der Waals surface area contributed by atoms with Crippen molar-refractivity contribution in [2.75, 3.05) is 0 Å². The predicted octanol–water partition coefficient (Wildman–Crippen LogP) is 1.91. The fraction of sp³-hybridized carbons (Fsp3) is 0.600. The first-order chi connectivity index (χ1) is 6.21. The van der Waals surface area contributed by atoms with Gasteiger partial charge in [0.2, 0.25) is 0 Å². The van der Waals surface area contributed by atoms with Gasteiger partial charge in [-0.3, -0.25) is 0 Å². The minimum absolute atomic E-state index is 0.0208. The molecule has 0 rings (SSSR count). The van der Waals surface area contributed by atoms with E-state index in [0.29, 0.717) is 0 Å². The molecule has 4 heteroatoms. The summed E-state index contributed by atoms with van der Waals surface area (Å²) in [5.74, 6) is -2.31. The van der Waals surface area contributed by atoms with E-state index in [4.69, 9.17) is 10.2 Å². The molecule has 0 radical (unpaired) electrons. The predicted molar refractivity (Wildman–Crippen MR) is 52.0 cm³/mol. The lowest BCUT2D eigenvalue weighted by Gasteiger charge is -2.21. The Morgan fingerprint density at radius 3 is 1.57 bits per heavy atom. The SMILES string of the molecule is CC/C(C(=O)O)=C(\C(=O)O)C(C)(C)C. The molecule has 0 aromatic heterocycles. The van der Waals surface area contributed by atoms with Gasteiger partial charge in [0.05, 0.1) is 5.57 Å². The van der Waals surface area contributed by atoms with Gasteiger partial charge in [0.1, 0.15) is 0 Å². The maximum absolute atomic E-state index is 10.9. The highest BCUT2D eigenvalue weighted by Gasteiger charge is 2.29. The fourth-order valence-electron chi connectivity index (χ4n) is 1.34. The fourth-order valence-corrected chi connectivity index (χ4v) is 1.34. The first-order valence-corrected chi connectivity index (χ1v) is 4.42. The van der Waals surface area contributed by atoms with Crippen LogP contribution in [0.25, 0.3) is 0 Å². The lowest BCUT2D eigenvalue weighted by molar-refractivity contribution is -0.136. The second kappa shape index (κ2) is 4.26. The third kappa shape index (κ3) is 2.87. The summed E-state index contributed by atoms with van der Waals surface area (Å²) < 4.78 is 0. The van der Waals surface area contributed by atoms with Crippen LogP contribution >= 0.6 is 0 Å². The van der Waals surface area contributed by atoms with Crippen LogP contribution in [0.2, 0.25) is 0 Å². The van der Waals surface area contributed by atoms with Crippen LogP contribution in [0.15, 0.2) is 11.1 Å². The van der Waals surface area contributed by atoms with Gasteiger partial charge in [0.15, 0.2) is 0 Å². The Labute approximate surface area is 83.2 Å². The molecular weight excluding hydrogens is 184 g/mol. The van der Waals surface area contributed by atoms with Gasteiger partial charge in [-0.05, 0) is 11.8 Å². The zero-order valence-corrected chi connectivity index (χ0v) is 8.92. The summed E-state index contributed by atoms with van der Waals surface area (Å²) in [6, 6.07) is 0. The van der Waals surface area contributed by atoms with Crippen molar-refractivity contribution in [3.05, 3.63) is 11.1 Å². The van der Waals surface area contributed by atoms with Gasteiger partial charge >= 0.3 is 11.9 Å². The number of rotatable bonds is 3. The quantitative estimate of drug-likeness (QED) is 0.682. The van der Waals surface area contributed by atoms with Crippen LogP contribution in [-0.4, -0.2) is 22.2 Å². The number of carboxylic acid groups (broad SMARTS) is 2. The molecule has 0 fully saturated rings. The molecule has 0 unspecified atom stereocenters. The highest BCUT2D eigenvalue weighted by molar-refractivity contribution is 5.99. The van der Waals surface area contributed by atoms with Crippen molar-refractivity contribution >= 4 is 11.9 Å². The summed E-state index contributed by atoms with van der Waals surface area (Å²) in [5, 5.41) is 17.8. The Hall–Kier alpha value is -1.32. The number of hydrogen-bond donors (Lipinski definition) is 2. The monoisotopic (exact) mass is 200 g/mol. The first kappa shape index (κ1) is 12.7. The molecule has 0 atom stereocenters. The Bertz CT molecular complexity index is 281. The zero-order chi connectivity index (χ0) is 11.5. The molecule has 0 aromatic carbocycles. The van der Waals surface area contributed by atoms with E-state index in [1.54, 1.807) is 27.7 Å². The van der Waals surface area contributed by atoms with Crippen molar-refractivity contribution in [2.45, 2.75) is 34.1 Å². The van der Waals surface area contributed by atoms with Gasteiger partial charge in [-0.25, -0.2) is 9.59 Å². The van der Waals surface area contributed by atoms with Gasteiger partial charge in [-0.1, -0.05) is 27.7 Å². The third-order valence-corrected chi connectivity index (χ3v) is 1.88. The molecule has 0 aliphatic rings. The van der Waals surface area contributed by atoms with E-state index in [0.717, 1.165) is 0 Å². The zero-order valence-electron chi connectivity index (χ0n) is 8.92. The maximum atomic E-state index is 10.9. The smallest absolute Gasteiger partial charge is 0.332 e. The van der Waals surface area contributed by atoms with Crippen LogP contribution in [0, 0.1) is 5.41 Å². The van der Waals surface area contributed by atoms with Crippen molar-refractivity contribution in [1.29, 1.82) is 0 Å². The van der Waals surface area contributed by atoms with Gasteiger partial charge < -0.3 is 10.2 Å². The number of carboxylic acids is 2. The highest BCUT2D eigenvalue weighted by atomic mass is 16.4. The molecule has 0 saturated heterocycles. The van der Waals surface area contributed by atoms with E-state index in [1.165, 1.54) is 0 Å². The summed E-state index contributed by atoms with van der Waals surface area (Å²) in [6.45, 7) is 6.71. The number of carbonyl (C=O) groups is 2. The summed E-state index contributed by atoms with van der Waals surface area (Å²) in [6.07, 6.45) is 0.217. The Kier molecular flexibility index (Phi) is 3.86. The van der Waals surface area contributed by atoms with Crippen molar-refractivity contribution < 1.29 is 19.8 Å². The minimum Gasteiger partial charge on any atom is -0.478 e. The molecule has 14 heavy (non-hydrogen) atoms. The van der Waals surface area contributed by atoms with Crippen LogP contribution in [0.1, 0.15) is 34.1 Å². The number of hydrogen-bond acceptors (Lipinski definition) is 2. The molecule has 0 heterocycles. The molecule has 0 aliphatic carbocycles. The molecule has 80 valence electrons. The lowest BCUT2D eigenvalue weighted by atomic mass is 9.82. The van der Waals surface area contributed by atoms with Crippen LogP contribution in [0.3, 0.4) is 0 Å². The largest absolute Gasteiger partial charge is 0.478 e. The summed E-state index contributed by atoms with van der Waals surface area (Å²) in [7, 11) is 0. The average molecular weight is 200 g/mol. The van der Waals surface area contributed by atoms with Crippen molar-refractivity contribution in [3.63, 3.8) is 0 Å². The Morgan fingerprint density at radius 2 is 1.50 bits per heavy atom. The summed E-state index contributed by atoms with van der Waals surface area (Å²) in [4.78, 5) is 21.7. The normalized spacial score (nSPS) is 13.4. The first-order valence-electron chi connectivity index (χ1n) is 4.42. The second-order valence-electron chi connectivity index (χ2n) is 4.07. The van der Waals surface area contributed by atoms with E-state index < -0.39 is 17.4 Å². The average Bonchev–Trinajstić information content (AvgIpc) is 1.95. The third-order valence-electron chi connectivity index (χ3n) is 1.88. The lowest BCUT2D eigenvalue weighted by Crippen LogP contribution is -2.22.